The highest BCUT2D eigenvalue weighted by Gasteiger charge is 2.13. The van der Waals surface area contributed by atoms with Gasteiger partial charge in [-0.05, 0) is 53.6 Å². The van der Waals surface area contributed by atoms with Crippen LogP contribution in [0.15, 0.2) is 59.7 Å². The fourth-order valence-corrected chi connectivity index (χ4v) is 3.27. The Bertz CT molecular complexity index is 1270. The van der Waals surface area contributed by atoms with Crippen LogP contribution in [0.3, 0.4) is 0 Å². The summed E-state index contributed by atoms with van der Waals surface area (Å²) in [5, 5.41) is 23.6. The summed E-state index contributed by atoms with van der Waals surface area (Å²) in [6, 6.07) is 14.1. The number of nitro groups is 1. The summed E-state index contributed by atoms with van der Waals surface area (Å²) in [5.74, 6) is -1.44. The monoisotopic (exact) mass is 486 g/mol. The minimum atomic E-state index is -0.845. The zero-order valence-electron chi connectivity index (χ0n) is 16.6. The molecule has 3 aromatic rings. The first-order valence-electron chi connectivity index (χ1n) is 9.16. The molecule has 166 valence electrons. The number of rotatable bonds is 7. The number of carbonyl (C=O) groups excluding carboxylic acids is 1. The number of nitrogens with one attached hydrogen (secondary N) is 1. The highest BCUT2D eigenvalue weighted by Crippen LogP contribution is 2.34. The maximum Gasteiger partial charge on any atom is 0.274 e. The lowest BCUT2D eigenvalue weighted by atomic mass is 10.1. The van der Waals surface area contributed by atoms with Gasteiger partial charge >= 0.3 is 0 Å². The number of nitro benzene ring substituents is 1. The molecule has 11 heteroatoms. The van der Waals surface area contributed by atoms with E-state index in [-0.39, 0.29) is 39.2 Å². The number of hydrogen-bond donors (Lipinski definition) is 1. The third-order valence-corrected chi connectivity index (χ3v) is 4.83. The smallest absolute Gasteiger partial charge is 0.274 e. The highest BCUT2D eigenvalue weighted by molar-refractivity contribution is 6.37. The molecule has 8 nitrogen and oxygen atoms in total. The molecule has 0 radical (unpaired) electrons. The average molecular weight is 487 g/mol. The number of carbonyl (C=O) groups is 1. The van der Waals surface area contributed by atoms with Gasteiger partial charge in [0.25, 0.3) is 11.6 Å². The summed E-state index contributed by atoms with van der Waals surface area (Å²) in [6.45, 7) is 0.0804. The quantitative estimate of drug-likeness (QED) is 0.277. The zero-order chi connectivity index (χ0) is 24.0. The van der Waals surface area contributed by atoms with Crippen LogP contribution in [0.1, 0.15) is 27.0 Å². The third-order valence-electron chi connectivity index (χ3n) is 4.27. The number of non-ortho nitro benzene ring substituents is 1. The molecule has 0 unspecified atom stereocenters. The van der Waals surface area contributed by atoms with Gasteiger partial charge in [-0.3, -0.25) is 14.9 Å². The van der Waals surface area contributed by atoms with Crippen molar-refractivity contribution in [1.82, 2.24) is 5.43 Å². The van der Waals surface area contributed by atoms with Gasteiger partial charge in [0.1, 0.15) is 12.4 Å². The SMILES string of the molecule is N#Cc1ccc(C(=O)N/N=C\c2cc(Cl)c(OCc3ccc([N+](=O)[O-])cc3)c(Cl)c2)c(F)c1. The fraction of sp³-hybridized carbons (Fsp3) is 0.0455. The Labute approximate surface area is 197 Å². The number of nitriles is 1. The van der Waals surface area contributed by atoms with Crippen LogP contribution in [0.4, 0.5) is 10.1 Å². The Hall–Kier alpha value is -4.00. The Morgan fingerprint density at radius 1 is 1.18 bits per heavy atom. The van der Waals surface area contributed by atoms with E-state index in [0.717, 1.165) is 6.07 Å². The van der Waals surface area contributed by atoms with Crippen LogP contribution in [0.5, 0.6) is 5.75 Å². The normalized spacial score (nSPS) is 10.6. The largest absolute Gasteiger partial charge is 0.486 e. The van der Waals surface area contributed by atoms with Crippen LogP contribution in [-0.2, 0) is 6.61 Å². The van der Waals surface area contributed by atoms with E-state index in [4.69, 9.17) is 33.2 Å². The molecule has 0 saturated carbocycles. The first kappa shape index (κ1) is 23.7. The first-order chi connectivity index (χ1) is 15.8. The number of benzene rings is 3. The van der Waals surface area contributed by atoms with Crippen LogP contribution in [0.25, 0.3) is 0 Å². The van der Waals surface area contributed by atoms with Crippen molar-refractivity contribution in [3.63, 3.8) is 0 Å². The van der Waals surface area contributed by atoms with Gasteiger partial charge in [-0.25, -0.2) is 9.82 Å². The molecular formula is C22H13Cl2FN4O4. The minimum Gasteiger partial charge on any atom is -0.486 e. The zero-order valence-corrected chi connectivity index (χ0v) is 18.1. The van der Waals surface area contributed by atoms with E-state index in [2.05, 4.69) is 10.5 Å². The van der Waals surface area contributed by atoms with Crippen molar-refractivity contribution in [2.75, 3.05) is 0 Å². The Morgan fingerprint density at radius 3 is 2.42 bits per heavy atom. The number of amides is 1. The van der Waals surface area contributed by atoms with Crippen molar-refractivity contribution in [2.45, 2.75) is 6.61 Å². The van der Waals surface area contributed by atoms with Crippen LogP contribution < -0.4 is 10.2 Å². The lowest BCUT2D eigenvalue weighted by molar-refractivity contribution is -0.384. The maximum atomic E-state index is 13.9. The molecule has 0 bridgehead atoms. The fourth-order valence-electron chi connectivity index (χ4n) is 2.66. The first-order valence-corrected chi connectivity index (χ1v) is 9.92. The number of ether oxygens (including phenoxy) is 1. The van der Waals surface area contributed by atoms with Crippen molar-refractivity contribution >= 4 is 41.0 Å². The van der Waals surface area contributed by atoms with Gasteiger partial charge in [0, 0.05) is 12.1 Å². The van der Waals surface area contributed by atoms with Gasteiger partial charge < -0.3 is 4.74 Å². The van der Waals surface area contributed by atoms with E-state index in [1.165, 1.54) is 42.6 Å². The van der Waals surface area contributed by atoms with Gasteiger partial charge in [0.15, 0.2) is 5.75 Å². The second-order valence-electron chi connectivity index (χ2n) is 6.53. The predicted molar refractivity (Wildman–Crippen MR) is 120 cm³/mol. The van der Waals surface area contributed by atoms with E-state index >= 15 is 0 Å². The molecule has 3 aromatic carbocycles. The molecule has 0 saturated heterocycles. The predicted octanol–water partition coefficient (Wildman–Crippen LogP) is 5.26. The van der Waals surface area contributed by atoms with E-state index in [1.807, 2.05) is 0 Å². The van der Waals surface area contributed by atoms with Crippen molar-refractivity contribution in [1.29, 1.82) is 5.26 Å². The summed E-state index contributed by atoms with van der Waals surface area (Å²) < 4.78 is 19.5. The van der Waals surface area contributed by atoms with Crippen molar-refractivity contribution in [2.24, 2.45) is 5.10 Å². The molecule has 0 aliphatic carbocycles. The molecule has 33 heavy (non-hydrogen) atoms. The summed E-state index contributed by atoms with van der Waals surface area (Å²) in [7, 11) is 0. The van der Waals surface area contributed by atoms with Crippen molar-refractivity contribution in [3.8, 4) is 11.8 Å². The Kier molecular flexibility index (Phi) is 7.56. The lowest BCUT2D eigenvalue weighted by Crippen LogP contribution is -2.19. The summed E-state index contributed by atoms with van der Waals surface area (Å²) in [6.07, 6.45) is 1.26. The molecule has 0 fully saturated rings. The maximum absolute atomic E-state index is 13.9. The van der Waals surface area contributed by atoms with Gasteiger partial charge in [-0.1, -0.05) is 23.2 Å². The number of nitrogens with zero attached hydrogens (tertiary/aromatic N) is 3. The molecule has 1 amide bonds. The minimum absolute atomic E-state index is 0.0348. The van der Waals surface area contributed by atoms with Crippen LogP contribution >= 0.6 is 23.2 Å². The molecule has 3 rings (SSSR count). The van der Waals surface area contributed by atoms with Gasteiger partial charge in [-0.2, -0.15) is 10.4 Å². The average Bonchev–Trinajstić information content (AvgIpc) is 2.78. The van der Waals surface area contributed by atoms with Crippen LogP contribution in [0, 0.1) is 27.3 Å². The molecule has 0 heterocycles. The molecular weight excluding hydrogens is 474 g/mol. The summed E-state index contributed by atoms with van der Waals surface area (Å²) >= 11 is 12.5. The molecule has 0 spiro atoms. The van der Waals surface area contributed by atoms with Crippen molar-refractivity contribution in [3.05, 3.63) is 103 Å². The standard InChI is InChI=1S/C22H13Cl2FN4O4/c23-18-7-15(11-27-28-22(30)17-6-3-14(10-26)9-20(17)25)8-19(24)21(18)33-12-13-1-4-16(5-2-13)29(31)32/h1-9,11H,12H2,(H,28,30)/b27-11-. The molecule has 0 aliphatic heterocycles. The number of halogens is 3. The number of hydrogen-bond acceptors (Lipinski definition) is 6. The van der Waals surface area contributed by atoms with Crippen molar-refractivity contribution < 1.29 is 18.8 Å². The van der Waals surface area contributed by atoms with Crippen LogP contribution in [-0.4, -0.2) is 17.0 Å². The lowest BCUT2D eigenvalue weighted by Gasteiger charge is -2.11. The summed E-state index contributed by atoms with van der Waals surface area (Å²) in [4.78, 5) is 22.3. The molecule has 0 atom stereocenters. The topological polar surface area (TPSA) is 118 Å². The van der Waals surface area contributed by atoms with E-state index in [9.17, 15) is 19.3 Å². The molecule has 0 aliphatic rings. The van der Waals surface area contributed by atoms with E-state index in [0.29, 0.717) is 11.1 Å². The highest BCUT2D eigenvalue weighted by atomic mass is 35.5. The second-order valence-corrected chi connectivity index (χ2v) is 7.35. The van der Waals surface area contributed by atoms with Gasteiger partial charge in [0.2, 0.25) is 0 Å². The molecule has 0 aromatic heterocycles. The Balaban J connectivity index is 1.64. The van der Waals surface area contributed by atoms with Crippen LogP contribution in [0.2, 0.25) is 10.0 Å². The van der Waals surface area contributed by atoms with E-state index in [1.54, 1.807) is 18.2 Å². The third kappa shape index (κ3) is 6.04. The summed E-state index contributed by atoms with van der Waals surface area (Å²) in [5.41, 5.74) is 3.09. The molecule has 1 N–H and O–H groups in total. The second kappa shape index (κ2) is 10.5. The number of hydrazone groups is 1. The van der Waals surface area contributed by atoms with Gasteiger partial charge in [-0.15, -0.1) is 0 Å². The van der Waals surface area contributed by atoms with Gasteiger partial charge in [0.05, 0.1) is 38.4 Å². The Morgan fingerprint density at radius 2 is 1.85 bits per heavy atom. The van der Waals surface area contributed by atoms with E-state index < -0.39 is 16.6 Å².